The first-order chi connectivity index (χ1) is 5.70. The highest BCUT2D eigenvalue weighted by molar-refractivity contribution is 7.99. The van der Waals surface area contributed by atoms with E-state index in [-0.39, 0.29) is 5.75 Å². The number of aromatic nitrogens is 2. The van der Waals surface area contributed by atoms with Gasteiger partial charge in [0.05, 0.1) is 5.75 Å². The Labute approximate surface area is 82.1 Å². The predicted molar refractivity (Wildman–Crippen MR) is 48.7 cm³/mol. The van der Waals surface area contributed by atoms with E-state index in [1.165, 1.54) is 11.8 Å². The minimum absolute atomic E-state index is 0.0633. The molecule has 0 aliphatic heterocycles. The Bertz CT molecular complexity index is 278. The number of carboxylic acid groups (broad SMARTS) is 1. The molecule has 66 valence electrons. The molecule has 1 aromatic heterocycles. The molecule has 0 aliphatic carbocycles. The van der Waals surface area contributed by atoms with Gasteiger partial charge in [0.25, 0.3) is 0 Å². The summed E-state index contributed by atoms with van der Waals surface area (Å²) in [4.78, 5) is 10.1. The van der Waals surface area contributed by atoms with Crippen LogP contribution < -0.4 is 0 Å². The quantitative estimate of drug-likeness (QED) is 0.840. The lowest BCUT2D eigenvalue weighted by Gasteiger charge is -1.93. The van der Waals surface area contributed by atoms with Crippen LogP contribution in [0.4, 0.5) is 0 Å². The van der Waals surface area contributed by atoms with Crippen molar-refractivity contribution in [1.82, 2.24) is 9.59 Å². The number of rotatable bonds is 4. The number of aliphatic carboxylic acids is 1. The molecule has 4 nitrogen and oxygen atoms in total. The van der Waals surface area contributed by atoms with Gasteiger partial charge in [0, 0.05) is 17.3 Å². The minimum Gasteiger partial charge on any atom is -0.481 e. The number of carboxylic acids is 1. The number of halogens is 1. The molecule has 0 saturated carbocycles. The molecule has 1 N–H and O–H groups in total. The molecule has 7 heteroatoms. The van der Waals surface area contributed by atoms with Gasteiger partial charge in [-0.05, 0) is 0 Å². The summed E-state index contributed by atoms with van der Waals surface area (Å²) in [6, 6.07) is 0. The Morgan fingerprint density at radius 1 is 1.75 bits per heavy atom. The van der Waals surface area contributed by atoms with Crippen molar-refractivity contribution in [3.8, 4) is 0 Å². The standard InChI is InChI=1S/C5H5ClN2O2S2/c6-5-3(7-8-12-5)1-11-2-4(9)10/h1-2H2,(H,9,10). The maximum atomic E-state index is 10.1. The van der Waals surface area contributed by atoms with Gasteiger partial charge < -0.3 is 5.11 Å². The first kappa shape index (κ1) is 9.76. The van der Waals surface area contributed by atoms with Crippen LogP contribution >= 0.6 is 34.9 Å². The highest BCUT2D eigenvalue weighted by Gasteiger charge is 2.05. The molecular formula is C5H5ClN2O2S2. The lowest BCUT2D eigenvalue weighted by molar-refractivity contribution is -0.133. The third kappa shape index (κ3) is 2.96. The molecule has 0 fully saturated rings. The molecule has 0 spiro atoms. The zero-order chi connectivity index (χ0) is 8.97. The zero-order valence-corrected chi connectivity index (χ0v) is 8.25. The topological polar surface area (TPSA) is 63.1 Å². The second-order valence-electron chi connectivity index (χ2n) is 1.88. The molecule has 0 saturated heterocycles. The molecule has 1 heterocycles. The van der Waals surface area contributed by atoms with E-state index in [2.05, 4.69) is 9.59 Å². The summed E-state index contributed by atoms with van der Waals surface area (Å²) < 4.78 is 4.15. The van der Waals surface area contributed by atoms with E-state index in [1.54, 1.807) is 0 Å². The summed E-state index contributed by atoms with van der Waals surface area (Å²) in [5.74, 6) is -0.269. The van der Waals surface area contributed by atoms with E-state index in [1.807, 2.05) is 0 Å². The Kier molecular flexibility index (Phi) is 3.77. The molecule has 0 aliphatic rings. The molecule has 12 heavy (non-hydrogen) atoms. The van der Waals surface area contributed by atoms with Crippen molar-refractivity contribution < 1.29 is 9.90 Å². The summed E-state index contributed by atoms with van der Waals surface area (Å²) >= 11 is 8.05. The molecule has 0 amide bonds. The fraction of sp³-hybridized carbons (Fsp3) is 0.400. The second-order valence-corrected chi connectivity index (χ2v) is 4.22. The Balaban J connectivity index is 2.33. The SMILES string of the molecule is O=C(O)CSCc1nnsc1Cl. The summed E-state index contributed by atoms with van der Waals surface area (Å²) in [5, 5.41) is 12.1. The smallest absolute Gasteiger partial charge is 0.313 e. The van der Waals surface area contributed by atoms with Gasteiger partial charge in [-0.3, -0.25) is 4.79 Å². The van der Waals surface area contributed by atoms with Crippen molar-refractivity contribution >= 4 is 40.9 Å². The van der Waals surface area contributed by atoms with Crippen molar-refractivity contribution in [3.05, 3.63) is 10.0 Å². The maximum absolute atomic E-state index is 10.1. The largest absolute Gasteiger partial charge is 0.481 e. The van der Waals surface area contributed by atoms with Gasteiger partial charge in [-0.2, -0.15) is 0 Å². The Morgan fingerprint density at radius 3 is 3.00 bits per heavy atom. The van der Waals surface area contributed by atoms with Gasteiger partial charge in [0.2, 0.25) is 0 Å². The molecular weight excluding hydrogens is 220 g/mol. The van der Waals surface area contributed by atoms with Crippen LogP contribution in [-0.4, -0.2) is 26.4 Å². The van der Waals surface area contributed by atoms with Gasteiger partial charge in [-0.1, -0.05) is 16.1 Å². The highest BCUT2D eigenvalue weighted by atomic mass is 35.5. The van der Waals surface area contributed by atoms with E-state index in [4.69, 9.17) is 16.7 Å². The average molecular weight is 225 g/mol. The third-order valence-corrected chi connectivity index (χ3v) is 2.89. The summed E-state index contributed by atoms with van der Waals surface area (Å²) in [5.41, 5.74) is 0.660. The number of hydrogen-bond donors (Lipinski definition) is 1. The first-order valence-electron chi connectivity index (χ1n) is 2.96. The average Bonchev–Trinajstić information content (AvgIpc) is 2.36. The van der Waals surface area contributed by atoms with E-state index in [9.17, 15) is 4.79 Å². The zero-order valence-electron chi connectivity index (χ0n) is 5.86. The van der Waals surface area contributed by atoms with Crippen LogP contribution in [0.25, 0.3) is 0 Å². The lowest BCUT2D eigenvalue weighted by atomic mass is 10.6. The highest BCUT2D eigenvalue weighted by Crippen LogP contribution is 2.21. The van der Waals surface area contributed by atoms with Crippen molar-refractivity contribution in [2.45, 2.75) is 5.75 Å². The molecule has 1 aromatic rings. The van der Waals surface area contributed by atoms with Crippen molar-refractivity contribution in [3.63, 3.8) is 0 Å². The van der Waals surface area contributed by atoms with Crippen LogP contribution in [0.2, 0.25) is 4.34 Å². The molecule has 0 atom stereocenters. The molecule has 0 radical (unpaired) electrons. The van der Waals surface area contributed by atoms with Crippen molar-refractivity contribution in [2.24, 2.45) is 0 Å². The predicted octanol–water partition coefficient (Wildman–Crippen LogP) is 1.51. The number of carbonyl (C=O) groups is 1. The molecule has 1 rings (SSSR count). The number of hydrogen-bond acceptors (Lipinski definition) is 5. The first-order valence-corrected chi connectivity index (χ1v) is 5.27. The van der Waals surface area contributed by atoms with E-state index < -0.39 is 5.97 Å². The van der Waals surface area contributed by atoms with Gasteiger partial charge in [-0.15, -0.1) is 16.9 Å². The van der Waals surface area contributed by atoms with E-state index in [0.717, 1.165) is 11.5 Å². The van der Waals surface area contributed by atoms with Crippen LogP contribution in [0.3, 0.4) is 0 Å². The van der Waals surface area contributed by atoms with Crippen LogP contribution in [-0.2, 0) is 10.5 Å². The monoisotopic (exact) mass is 224 g/mol. The van der Waals surface area contributed by atoms with Crippen LogP contribution in [0.1, 0.15) is 5.69 Å². The Hall–Kier alpha value is -0.330. The van der Waals surface area contributed by atoms with Gasteiger partial charge in [0.1, 0.15) is 10.0 Å². The van der Waals surface area contributed by atoms with Crippen molar-refractivity contribution in [1.29, 1.82) is 0 Å². The van der Waals surface area contributed by atoms with Crippen LogP contribution in [0.5, 0.6) is 0 Å². The van der Waals surface area contributed by atoms with Gasteiger partial charge >= 0.3 is 5.97 Å². The maximum Gasteiger partial charge on any atom is 0.313 e. The van der Waals surface area contributed by atoms with Crippen LogP contribution in [0, 0.1) is 0 Å². The fourth-order valence-corrected chi connectivity index (χ4v) is 1.99. The minimum atomic E-state index is -0.834. The molecule has 0 aromatic carbocycles. The second kappa shape index (κ2) is 4.64. The van der Waals surface area contributed by atoms with Crippen LogP contribution in [0.15, 0.2) is 0 Å². The van der Waals surface area contributed by atoms with Gasteiger partial charge in [-0.25, -0.2) is 0 Å². The van der Waals surface area contributed by atoms with E-state index in [0.29, 0.717) is 15.8 Å². The van der Waals surface area contributed by atoms with Gasteiger partial charge in [0.15, 0.2) is 0 Å². The summed E-state index contributed by atoms with van der Waals surface area (Å²) in [6.07, 6.45) is 0. The fourth-order valence-electron chi connectivity index (χ4n) is 0.518. The summed E-state index contributed by atoms with van der Waals surface area (Å²) in [7, 11) is 0. The number of thioether (sulfide) groups is 1. The number of nitrogens with zero attached hydrogens (tertiary/aromatic N) is 2. The molecule has 0 bridgehead atoms. The lowest BCUT2D eigenvalue weighted by Crippen LogP contribution is -1.98. The van der Waals surface area contributed by atoms with E-state index >= 15 is 0 Å². The summed E-state index contributed by atoms with van der Waals surface area (Å²) in [6.45, 7) is 0. The Morgan fingerprint density at radius 2 is 2.50 bits per heavy atom. The molecule has 0 unspecified atom stereocenters. The normalized spacial score (nSPS) is 10.1. The van der Waals surface area contributed by atoms with Crippen molar-refractivity contribution in [2.75, 3.05) is 5.75 Å². The third-order valence-electron chi connectivity index (χ3n) is 0.974.